The minimum atomic E-state index is 0.622. The van der Waals surface area contributed by atoms with Gasteiger partial charge in [0.05, 0.1) is 5.52 Å². The van der Waals surface area contributed by atoms with Crippen molar-refractivity contribution in [3.63, 3.8) is 0 Å². The first kappa shape index (κ1) is 14.3. The van der Waals surface area contributed by atoms with E-state index in [4.69, 9.17) is 0 Å². The molecule has 1 aromatic carbocycles. The second-order valence-electron chi connectivity index (χ2n) is 6.09. The van der Waals surface area contributed by atoms with Crippen LogP contribution in [0.5, 0.6) is 0 Å². The minimum absolute atomic E-state index is 0.622. The van der Waals surface area contributed by atoms with Crippen molar-refractivity contribution in [2.45, 2.75) is 26.2 Å². The Morgan fingerprint density at radius 3 is 2.81 bits per heavy atom. The van der Waals surface area contributed by atoms with Crippen molar-refractivity contribution in [3.05, 3.63) is 30.6 Å². The molecule has 112 valence electrons. The summed E-state index contributed by atoms with van der Waals surface area (Å²) in [5.74, 6) is 1.57. The van der Waals surface area contributed by atoms with Crippen molar-refractivity contribution in [3.8, 4) is 0 Å². The van der Waals surface area contributed by atoms with Gasteiger partial charge in [-0.05, 0) is 44.0 Å². The van der Waals surface area contributed by atoms with Crippen LogP contribution in [0.4, 0.5) is 5.82 Å². The molecular weight excluding hydrogens is 260 g/mol. The summed E-state index contributed by atoms with van der Waals surface area (Å²) >= 11 is 0. The van der Waals surface area contributed by atoms with Crippen LogP contribution in [0, 0.1) is 5.92 Å². The van der Waals surface area contributed by atoms with E-state index in [2.05, 4.69) is 33.2 Å². The fourth-order valence-electron chi connectivity index (χ4n) is 3.06. The lowest BCUT2D eigenvalue weighted by Crippen LogP contribution is -2.35. The van der Waals surface area contributed by atoms with Crippen LogP contribution in [0.1, 0.15) is 26.2 Å². The van der Waals surface area contributed by atoms with E-state index in [0.717, 1.165) is 23.3 Å². The number of rotatable bonds is 5. The third-order valence-electron chi connectivity index (χ3n) is 4.18. The maximum absolute atomic E-state index is 4.39. The molecule has 0 aliphatic carbocycles. The first-order chi connectivity index (χ1) is 10.3. The third-order valence-corrected chi connectivity index (χ3v) is 4.18. The maximum atomic E-state index is 4.39. The molecule has 1 N–H and O–H groups in total. The predicted molar refractivity (Wildman–Crippen MR) is 87.5 cm³/mol. The molecule has 0 radical (unpaired) electrons. The highest BCUT2D eigenvalue weighted by Gasteiger charge is 2.13. The molecule has 1 fully saturated rings. The minimum Gasteiger partial charge on any atom is -0.369 e. The van der Waals surface area contributed by atoms with Gasteiger partial charge in [0.25, 0.3) is 0 Å². The van der Waals surface area contributed by atoms with E-state index in [1.165, 1.54) is 38.9 Å². The first-order valence-electron chi connectivity index (χ1n) is 7.99. The average Bonchev–Trinajstić information content (AvgIpc) is 2.54. The van der Waals surface area contributed by atoms with Gasteiger partial charge in [-0.15, -0.1) is 0 Å². The summed E-state index contributed by atoms with van der Waals surface area (Å²) in [4.78, 5) is 11.3. The molecule has 1 aromatic heterocycles. The zero-order chi connectivity index (χ0) is 14.5. The van der Waals surface area contributed by atoms with E-state index in [9.17, 15) is 0 Å². The molecule has 3 rings (SSSR count). The van der Waals surface area contributed by atoms with Gasteiger partial charge in [0, 0.05) is 18.5 Å². The van der Waals surface area contributed by atoms with E-state index in [1.54, 1.807) is 6.33 Å². The Hall–Kier alpha value is -1.68. The smallest absolute Gasteiger partial charge is 0.137 e. The third kappa shape index (κ3) is 3.70. The van der Waals surface area contributed by atoms with Crippen LogP contribution in [0.3, 0.4) is 0 Å². The molecule has 1 atom stereocenters. The number of fused-ring (bicyclic) bond motifs is 1. The van der Waals surface area contributed by atoms with Crippen molar-refractivity contribution in [1.82, 2.24) is 14.9 Å². The van der Waals surface area contributed by atoms with Gasteiger partial charge in [-0.2, -0.15) is 0 Å². The largest absolute Gasteiger partial charge is 0.369 e. The zero-order valence-corrected chi connectivity index (χ0v) is 12.8. The number of benzene rings is 1. The molecule has 0 bridgehead atoms. The molecule has 0 amide bonds. The molecule has 0 saturated carbocycles. The Balaban J connectivity index is 1.58. The van der Waals surface area contributed by atoms with Gasteiger partial charge >= 0.3 is 0 Å². The maximum Gasteiger partial charge on any atom is 0.137 e. The normalized spacial score (nSPS) is 17.8. The lowest BCUT2D eigenvalue weighted by atomic mass is 10.1. The van der Waals surface area contributed by atoms with Gasteiger partial charge in [-0.25, -0.2) is 9.97 Å². The molecule has 2 heterocycles. The quantitative estimate of drug-likeness (QED) is 0.915. The monoisotopic (exact) mass is 284 g/mol. The summed E-state index contributed by atoms with van der Waals surface area (Å²) in [6.07, 6.45) is 5.75. The van der Waals surface area contributed by atoms with E-state index >= 15 is 0 Å². The number of aromatic nitrogens is 2. The summed E-state index contributed by atoms with van der Waals surface area (Å²) < 4.78 is 0. The van der Waals surface area contributed by atoms with Crippen molar-refractivity contribution >= 4 is 16.7 Å². The number of piperidine rings is 1. The van der Waals surface area contributed by atoms with Gasteiger partial charge in [-0.1, -0.05) is 25.5 Å². The van der Waals surface area contributed by atoms with Gasteiger partial charge in [0.2, 0.25) is 0 Å². The Morgan fingerprint density at radius 1 is 1.14 bits per heavy atom. The standard InChI is InChI=1S/C17H24N4/c1-14(12-21-9-5-2-6-10-21)11-18-17-15-7-3-4-8-16(15)19-13-20-17/h3-4,7-8,13-14H,2,5-6,9-12H2,1H3,(H,18,19,20). The van der Waals surface area contributed by atoms with Crippen molar-refractivity contribution < 1.29 is 0 Å². The van der Waals surface area contributed by atoms with Crippen molar-refractivity contribution in [2.75, 3.05) is 31.5 Å². The summed E-state index contributed by atoms with van der Waals surface area (Å²) in [6, 6.07) is 8.15. The number of hydrogen-bond donors (Lipinski definition) is 1. The lowest BCUT2D eigenvalue weighted by Gasteiger charge is -2.29. The molecule has 0 spiro atoms. The lowest BCUT2D eigenvalue weighted by molar-refractivity contribution is 0.204. The van der Waals surface area contributed by atoms with Crippen LogP contribution in [0.2, 0.25) is 0 Å². The van der Waals surface area contributed by atoms with Crippen LogP contribution in [-0.2, 0) is 0 Å². The second-order valence-corrected chi connectivity index (χ2v) is 6.09. The first-order valence-corrected chi connectivity index (χ1v) is 7.99. The summed E-state index contributed by atoms with van der Waals surface area (Å²) in [7, 11) is 0. The van der Waals surface area contributed by atoms with Crippen molar-refractivity contribution in [2.24, 2.45) is 5.92 Å². The number of likely N-dealkylation sites (tertiary alicyclic amines) is 1. The number of anilines is 1. The molecule has 1 aliphatic rings. The van der Waals surface area contributed by atoms with Crippen LogP contribution in [-0.4, -0.2) is 41.0 Å². The molecule has 1 unspecified atom stereocenters. The molecule has 1 saturated heterocycles. The molecule has 4 nitrogen and oxygen atoms in total. The summed E-state index contributed by atoms with van der Waals surface area (Å²) in [5.41, 5.74) is 0.999. The molecule has 4 heteroatoms. The fraction of sp³-hybridized carbons (Fsp3) is 0.529. The Labute approximate surface area is 126 Å². The highest BCUT2D eigenvalue weighted by atomic mass is 15.1. The van der Waals surface area contributed by atoms with Crippen LogP contribution < -0.4 is 5.32 Å². The molecule has 2 aromatic rings. The highest BCUT2D eigenvalue weighted by Crippen LogP contribution is 2.19. The second kappa shape index (κ2) is 6.85. The van der Waals surface area contributed by atoms with Crippen LogP contribution in [0.25, 0.3) is 10.9 Å². The molecule has 21 heavy (non-hydrogen) atoms. The van der Waals surface area contributed by atoms with Gasteiger partial charge in [0.1, 0.15) is 12.1 Å². The zero-order valence-electron chi connectivity index (χ0n) is 12.8. The van der Waals surface area contributed by atoms with Gasteiger partial charge in [0.15, 0.2) is 0 Å². The summed E-state index contributed by atoms with van der Waals surface area (Å²) in [6.45, 7) is 6.97. The Bertz CT molecular complexity index is 573. The fourth-order valence-corrected chi connectivity index (χ4v) is 3.06. The topological polar surface area (TPSA) is 41.1 Å². The average molecular weight is 284 g/mol. The Kier molecular flexibility index (Phi) is 4.65. The predicted octanol–water partition coefficient (Wildman–Crippen LogP) is 3.16. The SMILES string of the molecule is CC(CNc1ncnc2ccccc12)CN1CCCCC1. The van der Waals surface area contributed by atoms with E-state index in [-0.39, 0.29) is 0 Å². The number of para-hydroxylation sites is 1. The molecule has 1 aliphatic heterocycles. The number of hydrogen-bond acceptors (Lipinski definition) is 4. The summed E-state index contributed by atoms with van der Waals surface area (Å²) in [5, 5.41) is 4.60. The van der Waals surface area contributed by atoms with E-state index in [1.807, 2.05) is 18.2 Å². The van der Waals surface area contributed by atoms with Crippen LogP contribution >= 0.6 is 0 Å². The van der Waals surface area contributed by atoms with E-state index in [0.29, 0.717) is 5.92 Å². The Morgan fingerprint density at radius 2 is 1.95 bits per heavy atom. The van der Waals surface area contributed by atoms with Crippen LogP contribution in [0.15, 0.2) is 30.6 Å². The van der Waals surface area contributed by atoms with E-state index < -0.39 is 0 Å². The molecular formula is C17H24N4. The number of nitrogens with zero attached hydrogens (tertiary/aromatic N) is 3. The highest BCUT2D eigenvalue weighted by molar-refractivity contribution is 5.88. The van der Waals surface area contributed by atoms with Gasteiger partial charge < -0.3 is 10.2 Å². The van der Waals surface area contributed by atoms with Gasteiger partial charge in [-0.3, -0.25) is 0 Å². The van der Waals surface area contributed by atoms with Crippen molar-refractivity contribution in [1.29, 1.82) is 0 Å². The number of nitrogens with one attached hydrogen (secondary N) is 1.